The zero-order chi connectivity index (χ0) is 25.3. The molecule has 2 aromatic carbocycles. The molecule has 1 fully saturated rings. The lowest BCUT2D eigenvalue weighted by atomic mass is 9.93. The number of benzene rings is 2. The molecule has 0 spiro atoms. The quantitative estimate of drug-likeness (QED) is 0.264. The van der Waals surface area contributed by atoms with Gasteiger partial charge in [-0.25, -0.2) is 0 Å². The van der Waals surface area contributed by atoms with Crippen molar-refractivity contribution in [3.05, 3.63) is 88.2 Å². The van der Waals surface area contributed by atoms with Gasteiger partial charge in [-0.15, -0.1) is 0 Å². The lowest BCUT2D eigenvalue weighted by molar-refractivity contribution is -0.132. The number of aromatic hydroxyl groups is 1. The van der Waals surface area contributed by atoms with Gasteiger partial charge in [-0.2, -0.15) is 0 Å². The number of hydrogen-bond donors (Lipinski definition) is 2. The van der Waals surface area contributed by atoms with Gasteiger partial charge in [-0.05, 0) is 72.5 Å². The van der Waals surface area contributed by atoms with Gasteiger partial charge in [0.2, 0.25) is 0 Å². The predicted octanol–water partition coefficient (Wildman–Crippen LogP) is 5.59. The van der Waals surface area contributed by atoms with Crippen LogP contribution in [0.1, 0.15) is 49.4 Å². The molecule has 180 valence electrons. The summed E-state index contributed by atoms with van der Waals surface area (Å²) in [6, 6.07) is 11.7. The van der Waals surface area contributed by atoms with Gasteiger partial charge >= 0.3 is 0 Å². The van der Waals surface area contributed by atoms with Crippen molar-refractivity contribution < 1.29 is 24.5 Å². The molecular formula is C27H25ClN2O5. The van der Waals surface area contributed by atoms with Gasteiger partial charge in [0.15, 0.2) is 0 Å². The molecule has 0 radical (unpaired) electrons. The highest BCUT2D eigenvalue weighted by Gasteiger charge is 2.47. The van der Waals surface area contributed by atoms with Crippen molar-refractivity contribution in [3.63, 3.8) is 0 Å². The monoisotopic (exact) mass is 492 g/mol. The van der Waals surface area contributed by atoms with E-state index in [9.17, 15) is 19.8 Å². The van der Waals surface area contributed by atoms with E-state index in [1.54, 1.807) is 30.3 Å². The number of phenolic OH excluding ortho intramolecular Hbond substituents is 1. The number of ether oxygens (including phenoxy) is 1. The number of hydrogen-bond acceptors (Lipinski definition) is 6. The molecule has 35 heavy (non-hydrogen) atoms. The number of carbonyl (C=O) groups is 2. The summed E-state index contributed by atoms with van der Waals surface area (Å²) in [5.41, 5.74) is 1.74. The van der Waals surface area contributed by atoms with E-state index >= 15 is 0 Å². The van der Waals surface area contributed by atoms with E-state index in [1.165, 1.54) is 30.6 Å². The molecule has 2 N–H and O–H groups in total. The molecule has 4 rings (SSSR count). The lowest BCUT2D eigenvalue weighted by Gasteiger charge is -2.26. The smallest absolute Gasteiger partial charge is 0.300 e. The van der Waals surface area contributed by atoms with Gasteiger partial charge in [-0.3, -0.25) is 19.5 Å². The molecule has 8 heteroatoms. The fourth-order valence-electron chi connectivity index (χ4n) is 4.22. The first kappa shape index (κ1) is 24.3. The van der Waals surface area contributed by atoms with E-state index in [0.717, 1.165) is 10.5 Å². The maximum absolute atomic E-state index is 13.3. The SMILES string of the molecule is CCOc1ccc(/C(O)=C2/C(=O)C(=O)N(c3cc(Cl)ccc3O)C2c2ccncc2)cc1C(C)C. The van der Waals surface area contributed by atoms with E-state index in [-0.39, 0.29) is 33.7 Å². The first-order valence-corrected chi connectivity index (χ1v) is 11.6. The van der Waals surface area contributed by atoms with Crippen LogP contribution in [0, 0.1) is 0 Å². The molecule has 0 saturated carbocycles. The van der Waals surface area contributed by atoms with Crippen LogP contribution in [0.5, 0.6) is 11.5 Å². The van der Waals surface area contributed by atoms with Crippen molar-refractivity contribution in [3.8, 4) is 11.5 Å². The van der Waals surface area contributed by atoms with Crippen LogP contribution in [0.3, 0.4) is 0 Å². The van der Waals surface area contributed by atoms with Crippen LogP contribution < -0.4 is 9.64 Å². The summed E-state index contributed by atoms with van der Waals surface area (Å²) in [5, 5.41) is 22.2. The van der Waals surface area contributed by atoms with E-state index in [1.807, 2.05) is 20.8 Å². The summed E-state index contributed by atoms with van der Waals surface area (Å²) in [7, 11) is 0. The predicted molar refractivity (Wildman–Crippen MR) is 134 cm³/mol. The number of nitrogens with zero attached hydrogens (tertiary/aromatic N) is 2. The number of rotatable bonds is 6. The van der Waals surface area contributed by atoms with Gasteiger partial charge in [0.25, 0.3) is 11.7 Å². The van der Waals surface area contributed by atoms with Crippen molar-refractivity contribution in [2.24, 2.45) is 0 Å². The van der Waals surface area contributed by atoms with Crippen LogP contribution in [0.25, 0.3) is 5.76 Å². The number of ketones is 1. The minimum Gasteiger partial charge on any atom is -0.507 e. The summed E-state index contributed by atoms with van der Waals surface area (Å²) in [5.74, 6) is -1.53. The Kier molecular flexibility index (Phi) is 6.80. The Morgan fingerprint density at radius 3 is 2.49 bits per heavy atom. The number of halogens is 1. The minimum atomic E-state index is -1.00. The first-order chi connectivity index (χ1) is 16.7. The molecule has 0 aliphatic carbocycles. The van der Waals surface area contributed by atoms with E-state index in [4.69, 9.17) is 16.3 Å². The standard InChI is InChI=1S/C27H25ClN2O5/c1-4-35-22-8-5-17(13-19(22)15(2)3)25(32)23-24(16-9-11-29-12-10-16)30(27(34)26(23)33)20-14-18(28)6-7-21(20)31/h5-15,24,31-32H,4H2,1-3H3/b25-23-. The molecule has 1 saturated heterocycles. The van der Waals surface area contributed by atoms with Gasteiger partial charge in [0, 0.05) is 23.0 Å². The number of aliphatic hydroxyl groups excluding tert-OH is 1. The highest BCUT2D eigenvalue weighted by molar-refractivity contribution is 6.52. The third-order valence-corrected chi connectivity index (χ3v) is 6.10. The van der Waals surface area contributed by atoms with E-state index in [0.29, 0.717) is 23.5 Å². The van der Waals surface area contributed by atoms with E-state index < -0.39 is 17.7 Å². The molecule has 1 aliphatic heterocycles. The average molecular weight is 493 g/mol. The Hall–Kier alpha value is -3.84. The number of aromatic nitrogens is 1. The Morgan fingerprint density at radius 2 is 1.83 bits per heavy atom. The van der Waals surface area contributed by atoms with Crippen LogP contribution in [0.15, 0.2) is 66.5 Å². The first-order valence-electron chi connectivity index (χ1n) is 11.2. The Balaban J connectivity index is 1.95. The fourth-order valence-corrected chi connectivity index (χ4v) is 4.39. The molecule has 1 atom stereocenters. The molecule has 1 unspecified atom stereocenters. The third kappa shape index (κ3) is 4.47. The number of pyridine rings is 1. The molecule has 7 nitrogen and oxygen atoms in total. The number of aliphatic hydroxyl groups is 1. The third-order valence-electron chi connectivity index (χ3n) is 5.87. The summed E-state index contributed by atoms with van der Waals surface area (Å²) in [6.45, 7) is 6.37. The zero-order valence-corrected chi connectivity index (χ0v) is 20.3. The van der Waals surface area contributed by atoms with Gasteiger partial charge in [-0.1, -0.05) is 25.4 Å². The normalized spacial score (nSPS) is 17.3. The molecule has 2 heterocycles. The summed E-state index contributed by atoms with van der Waals surface area (Å²) < 4.78 is 5.71. The Morgan fingerprint density at radius 1 is 1.11 bits per heavy atom. The second kappa shape index (κ2) is 9.80. The fraction of sp³-hybridized carbons (Fsp3) is 0.222. The van der Waals surface area contributed by atoms with Crippen molar-refractivity contribution >= 4 is 34.7 Å². The number of carbonyl (C=O) groups excluding carboxylic acids is 2. The van der Waals surface area contributed by atoms with Crippen LogP contribution in [0.4, 0.5) is 5.69 Å². The number of anilines is 1. The Labute approximate surface area is 208 Å². The Bertz CT molecular complexity index is 1320. The number of phenols is 1. The van der Waals surface area contributed by atoms with Crippen LogP contribution in [-0.2, 0) is 9.59 Å². The molecular weight excluding hydrogens is 468 g/mol. The minimum absolute atomic E-state index is 0.0648. The second-order valence-electron chi connectivity index (χ2n) is 8.42. The topological polar surface area (TPSA) is 100.0 Å². The number of Topliss-reactive ketones (excluding diaryl/α,β-unsaturated/α-hetero) is 1. The molecule has 1 aromatic heterocycles. The highest BCUT2D eigenvalue weighted by atomic mass is 35.5. The average Bonchev–Trinajstić information content (AvgIpc) is 3.11. The summed E-state index contributed by atoms with van der Waals surface area (Å²) in [4.78, 5) is 31.7. The van der Waals surface area contributed by atoms with Crippen molar-refractivity contribution in [2.75, 3.05) is 11.5 Å². The second-order valence-corrected chi connectivity index (χ2v) is 8.86. The molecule has 0 bridgehead atoms. The van der Waals surface area contributed by atoms with Crippen molar-refractivity contribution in [2.45, 2.75) is 32.7 Å². The highest BCUT2D eigenvalue weighted by Crippen LogP contribution is 2.45. The molecule has 3 aromatic rings. The van der Waals surface area contributed by atoms with Gasteiger partial charge in [0.1, 0.15) is 17.3 Å². The number of amides is 1. The zero-order valence-electron chi connectivity index (χ0n) is 19.5. The van der Waals surface area contributed by atoms with Crippen molar-refractivity contribution in [1.82, 2.24) is 4.98 Å². The van der Waals surface area contributed by atoms with Gasteiger partial charge in [0.05, 0.1) is 23.9 Å². The summed E-state index contributed by atoms with van der Waals surface area (Å²) >= 11 is 6.14. The van der Waals surface area contributed by atoms with Crippen LogP contribution >= 0.6 is 11.6 Å². The van der Waals surface area contributed by atoms with Gasteiger partial charge < -0.3 is 14.9 Å². The maximum atomic E-state index is 13.3. The van der Waals surface area contributed by atoms with Crippen LogP contribution in [-0.4, -0.2) is 33.5 Å². The molecule has 1 amide bonds. The molecule has 1 aliphatic rings. The van der Waals surface area contributed by atoms with E-state index in [2.05, 4.69) is 4.98 Å². The largest absolute Gasteiger partial charge is 0.507 e. The van der Waals surface area contributed by atoms with Crippen molar-refractivity contribution in [1.29, 1.82) is 0 Å². The maximum Gasteiger partial charge on any atom is 0.300 e. The lowest BCUT2D eigenvalue weighted by Crippen LogP contribution is -2.29. The van der Waals surface area contributed by atoms with Crippen LogP contribution in [0.2, 0.25) is 5.02 Å². The summed E-state index contributed by atoms with van der Waals surface area (Å²) in [6.07, 6.45) is 3.06.